The summed E-state index contributed by atoms with van der Waals surface area (Å²) in [5, 5.41) is 10.5. The summed E-state index contributed by atoms with van der Waals surface area (Å²) in [6, 6.07) is 0. The van der Waals surface area contributed by atoms with Crippen LogP contribution in [-0.2, 0) is 9.53 Å². The third-order valence-corrected chi connectivity index (χ3v) is 3.36. The topological polar surface area (TPSA) is 46.5 Å². The van der Waals surface area contributed by atoms with Crippen molar-refractivity contribution in [1.29, 1.82) is 0 Å². The highest BCUT2D eigenvalue weighted by Gasteiger charge is 2.49. The molecule has 1 saturated carbocycles. The first-order chi connectivity index (χ1) is 7.20. The predicted molar refractivity (Wildman–Crippen MR) is 63.0 cm³/mol. The molecule has 1 aliphatic rings. The number of carbonyl (C=O) groups is 1. The molecule has 0 heterocycles. The van der Waals surface area contributed by atoms with Gasteiger partial charge in [-0.05, 0) is 52.9 Å². The first-order valence-corrected chi connectivity index (χ1v) is 6.16. The molecule has 0 saturated heterocycles. The summed E-state index contributed by atoms with van der Waals surface area (Å²) in [7, 11) is 0. The van der Waals surface area contributed by atoms with Crippen LogP contribution in [0.5, 0.6) is 0 Å². The highest BCUT2D eigenvalue weighted by molar-refractivity contribution is 5.74. The molecule has 0 aromatic heterocycles. The Bertz CT molecular complexity index is 263. The normalized spacial score (nSPS) is 22.4. The monoisotopic (exact) mass is 228 g/mol. The van der Waals surface area contributed by atoms with Gasteiger partial charge in [0.15, 0.2) is 0 Å². The fourth-order valence-electron chi connectivity index (χ4n) is 2.13. The lowest BCUT2D eigenvalue weighted by Gasteiger charge is -2.33. The first-order valence-electron chi connectivity index (χ1n) is 6.16. The third-order valence-electron chi connectivity index (χ3n) is 3.36. The standard InChI is InChI=1S/C13H24O3/c1-6-13(15,10-7-8-10)9(2)11(14)16-12(3,4)5/h9-10,15H,6-8H2,1-5H3. The molecule has 94 valence electrons. The summed E-state index contributed by atoms with van der Waals surface area (Å²) in [5.41, 5.74) is -1.36. The van der Waals surface area contributed by atoms with Crippen molar-refractivity contribution in [3.8, 4) is 0 Å². The van der Waals surface area contributed by atoms with Crippen LogP contribution in [0.25, 0.3) is 0 Å². The Morgan fingerprint density at radius 1 is 1.44 bits per heavy atom. The molecule has 0 amide bonds. The third kappa shape index (κ3) is 2.97. The minimum atomic E-state index is -0.873. The van der Waals surface area contributed by atoms with Gasteiger partial charge >= 0.3 is 5.97 Å². The van der Waals surface area contributed by atoms with Crippen LogP contribution in [0.3, 0.4) is 0 Å². The average molecular weight is 228 g/mol. The van der Waals surface area contributed by atoms with E-state index in [0.717, 1.165) is 12.8 Å². The smallest absolute Gasteiger partial charge is 0.312 e. The Morgan fingerprint density at radius 3 is 2.25 bits per heavy atom. The lowest BCUT2D eigenvalue weighted by molar-refractivity contribution is -0.170. The molecule has 1 aliphatic carbocycles. The fourth-order valence-corrected chi connectivity index (χ4v) is 2.13. The predicted octanol–water partition coefficient (Wildman–Crippen LogP) is 2.52. The second kappa shape index (κ2) is 4.36. The van der Waals surface area contributed by atoms with Crippen molar-refractivity contribution in [2.24, 2.45) is 11.8 Å². The van der Waals surface area contributed by atoms with Crippen molar-refractivity contribution in [2.45, 2.75) is 65.1 Å². The summed E-state index contributed by atoms with van der Waals surface area (Å²) in [5.74, 6) is -0.451. The van der Waals surface area contributed by atoms with E-state index in [1.54, 1.807) is 6.92 Å². The second-order valence-corrected chi connectivity index (χ2v) is 5.87. The molecule has 0 aromatic carbocycles. The van der Waals surface area contributed by atoms with Gasteiger partial charge in [-0.1, -0.05) is 6.92 Å². The van der Waals surface area contributed by atoms with Crippen molar-refractivity contribution in [3.63, 3.8) is 0 Å². The molecule has 2 atom stereocenters. The minimum Gasteiger partial charge on any atom is -0.460 e. The Kier molecular flexibility index (Phi) is 3.68. The van der Waals surface area contributed by atoms with Crippen LogP contribution in [0.15, 0.2) is 0 Å². The number of hydrogen-bond donors (Lipinski definition) is 1. The van der Waals surface area contributed by atoms with Gasteiger partial charge in [-0.2, -0.15) is 0 Å². The van der Waals surface area contributed by atoms with E-state index < -0.39 is 17.1 Å². The van der Waals surface area contributed by atoms with E-state index >= 15 is 0 Å². The Labute approximate surface area is 98.2 Å². The van der Waals surface area contributed by atoms with Crippen molar-refractivity contribution in [1.82, 2.24) is 0 Å². The maximum atomic E-state index is 11.9. The highest BCUT2D eigenvalue weighted by atomic mass is 16.6. The minimum absolute atomic E-state index is 0.278. The van der Waals surface area contributed by atoms with Crippen molar-refractivity contribution in [2.75, 3.05) is 0 Å². The van der Waals surface area contributed by atoms with Gasteiger partial charge in [-0.25, -0.2) is 0 Å². The van der Waals surface area contributed by atoms with Crippen LogP contribution in [-0.4, -0.2) is 22.3 Å². The Balaban J connectivity index is 2.68. The second-order valence-electron chi connectivity index (χ2n) is 5.87. The van der Waals surface area contributed by atoms with Gasteiger partial charge in [-0.3, -0.25) is 4.79 Å². The van der Waals surface area contributed by atoms with Crippen molar-refractivity contribution < 1.29 is 14.6 Å². The maximum absolute atomic E-state index is 11.9. The molecule has 0 spiro atoms. The molecule has 0 bridgehead atoms. The zero-order valence-corrected chi connectivity index (χ0v) is 11.0. The Morgan fingerprint density at radius 2 is 1.94 bits per heavy atom. The van der Waals surface area contributed by atoms with Crippen LogP contribution in [0.4, 0.5) is 0 Å². The average Bonchev–Trinajstić information content (AvgIpc) is 2.96. The van der Waals surface area contributed by atoms with Gasteiger partial charge in [0.05, 0.1) is 11.5 Å². The molecule has 1 fully saturated rings. The molecule has 3 nitrogen and oxygen atoms in total. The summed E-state index contributed by atoms with van der Waals surface area (Å²) in [4.78, 5) is 11.9. The van der Waals surface area contributed by atoms with E-state index in [9.17, 15) is 9.90 Å². The van der Waals surface area contributed by atoms with Crippen LogP contribution < -0.4 is 0 Å². The van der Waals surface area contributed by atoms with Crippen LogP contribution in [0.2, 0.25) is 0 Å². The zero-order valence-electron chi connectivity index (χ0n) is 11.0. The summed E-state index contributed by atoms with van der Waals surface area (Å²) in [6.07, 6.45) is 2.66. The summed E-state index contributed by atoms with van der Waals surface area (Å²) in [6.45, 7) is 9.24. The lowest BCUT2D eigenvalue weighted by Crippen LogP contribution is -2.44. The van der Waals surface area contributed by atoms with E-state index in [1.165, 1.54) is 0 Å². The molecule has 16 heavy (non-hydrogen) atoms. The molecule has 0 aromatic rings. The lowest BCUT2D eigenvalue weighted by atomic mass is 9.82. The molecule has 0 aliphatic heterocycles. The number of rotatable bonds is 4. The van der Waals surface area contributed by atoms with Gasteiger partial charge < -0.3 is 9.84 Å². The van der Waals surface area contributed by atoms with Gasteiger partial charge in [0.2, 0.25) is 0 Å². The van der Waals surface area contributed by atoms with Crippen molar-refractivity contribution in [3.05, 3.63) is 0 Å². The van der Waals surface area contributed by atoms with E-state index in [4.69, 9.17) is 4.74 Å². The van der Waals surface area contributed by atoms with E-state index in [1.807, 2.05) is 27.7 Å². The maximum Gasteiger partial charge on any atom is 0.312 e. The quantitative estimate of drug-likeness (QED) is 0.752. The molecular formula is C13H24O3. The van der Waals surface area contributed by atoms with Gasteiger partial charge in [0.25, 0.3) is 0 Å². The zero-order chi connectivity index (χ0) is 12.6. The number of ether oxygens (including phenoxy) is 1. The van der Waals surface area contributed by atoms with E-state index in [-0.39, 0.29) is 11.9 Å². The van der Waals surface area contributed by atoms with Gasteiger partial charge in [-0.15, -0.1) is 0 Å². The largest absolute Gasteiger partial charge is 0.460 e. The molecule has 1 rings (SSSR count). The number of carbonyl (C=O) groups excluding carboxylic acids is 1. The van der Waals surface area contributed by atoms with Gasteiger partial charge in [0.1, 0.15) is 5.60 Å². The molecule has 1 N–H and O–H groups in total. The van der Waals surface area contributed by atoms with E-state index in [2.05, 4.69) is 0 Å². The Hall–Kier alpha value is -0.570. The SMILES string of the molecule is CCC(O)(C1CC1)C(C)C(=O)OC(C)(C)C. The molecular weight excluding hydrogens is 204 g/mol. The number of aliphatic hydroxyl groups is 1. The molecule has 3 heteroatoms. The molecule has 2 unspecified atom stereocenters. The highest BCUT2D eigenvalue weighted by Crippen LogP contribution is 2.46. The van der Waals surface area contributed by atoms with Gasteiger partial charge in [0, 0.05) is 0 Å². The number of esters is 1. The van der Waals surface area contributed by atoms with Crippen LogP contribution in [0, 0.1) is 11.8 Å². The fraction of sp³-hybridized carbons (Fsp3) is 0.923. The van der Waals surface area contributed by atoms with E-state index in [0.29, 0.717) is 6.42 Å². The van der Waals surface area contributed by atoms with Crippen molar-refractivity contribution >= 4 is 5.97 Å². The number of hydrogen-bond acceptors (Lipinski definition) is 3. The summed E-state index contributed by atoms with van der Waals surface area (Å²) >= 11 is 0. The van der Waals surface area contributed by atoms with Crippen LogP contribution >= 0.6 is 0 Å². The molecule has 0 radical (unpaired) electrons. The summed E-state index contributed by atoms with van der Waals surface area (Å²) < 4.78 is 5.33. The van der Waals surface area contributed by atoms with Crippen LogP contribution in [0.1, 0.15) is 53.9 Å². The first kappa shape index (κ1) is 13.5.